The van der Waals surface area contributed by atoms with Gasteiger partial charge >= 0.3 is 0 Å². The number of aromatic nitrogens is 1. The number of rotatable bonds is 4. The number of carbonyl (C=O) groups is 2. The van der Waals surface area contributed by atoms with E-state index in [-0.39, 0.29) is 17.6 Å². The van der Waals surface area contributed by atoms with Gasteiger partial charge in [0.2, 0.25) is 0 Å². The van der Waals surface area contributed by atoms with Gasteiger partial charge in [0.15, 0.2) is 5.78 Å². The third kappa shape index (κ3) is 4.05. The highest BCUT2D eigenvalue weighted by Crippen LogP contribution is 2.47. The third-order valence-electron chi connectivity index (χ3n) is 6.36. The number of benzene rings is 1. The van der Waals surface area contributed by atoms with Gasteiger partial charge in [-0.1, -0.05) is 35.9 Å². The number of hydrogen-bond donors (Lipinski definition) is 2. The van der Waals surface area contributed by atoms with Gasteiger partial charge in [0.25, 0.3) is 5.91 Å². The van der Waals surface area contributed by atoms with Crippen LogP contribution >= 0.6 is 11.6 Å². The van der Waals surface area contributed by atoms with Gasteiger partial charge in [-0.3, -0.25) is 9.59 Å². The average molecular weight is 474 g/mol. The first-order chi connectivity index (χ1) is 16.4. The third-order valence-corrected chi connectivity index (χ3v) is 6.71. The number of anilines is 1. The van der Waals surface area contributed by atoms with Crippen molar-refractivity contribution in [2.75, 3.05) is 5.32 Å². The van der Waals surface area contributed by atoms with Gasteiger partial charge < -0.3 is 15.1 Å². The van der Waals surface area contributed by atoms with E-state index in [2.05, 4.69) is 15.6 Å². The Morgan fingerprint density at radius 2 is 1.91 bits per heavy atom. The molecule has 1 amide bonds. The van der Waals surface area contributed by atoms with E-state index in [9.17, 15) is 9.59 Å². The first-order valence-electron chi connectivity index (χ1n) is 11.2. The van der Waals surface area contributed by atoms with E-state index in [1.807, 2.05) is 56.3 Å². The summed E-state index contributed by atoms with van der Waals surface area (Å²) < 4.78 is 5.59. The summed E-state index contributed by atoms with van der Waals surface area (Å²) in [6.45, 7) is 3.72. The van der Waals surface area contributed by atoms with Crippen LogP contribution in [-0.2, 0) is 9.59 Å². The summed E-state index contributed by atoms with van der Waals surface area (Å²) in [7, 11) is 0. The predicted octanol–water partition coefficient (Wildman–Crippen LogP) is 5.64. The molecule has 0 spiro atoms. The fourth-order valence-corrected chi connectivity index (χ4v) is 5.13. The molecule has 7 heteroatoms. The lowest BCUT2D eigenvalue weighted by molar-refractivity contribution is -0.116. The number of allylic oxidation sites excluding steroid dienone is 3. The van der Waals surface area contributed by atoms with Crippen molar-refractivity contribution in [3.05, 3.63) is 105 Å². The molecular formula is C27H24ClN3O3. The quantitative estimate of drug-likeness (QED) is 0.512. The highest BCUT2D eigenvalue weighted by molar-refractivity contribution is 6.31. The van der Waals surface area contributed by atoms with E-state index in [0.717, 1.165) is 22.7 Å². The Bertz CT molecular complexity index is 1340. The zero-order valence-corrected chi connectivity index (χ0v) is 19.6. The minimum absolute atomic E-state index is 0.0217. The van der Waals surface area contributed by atoms with Crippen molar-refractivity contribution in [3.8, 4) is 0 Å². The highest BCUT2D eigenvalue weighted by Gasteiger charge is 2.42. The fraction of sp³-hybridized carbons (Fsp3) is 0.222. The van der Waals surface area contributed by atoms with Crippen LogP contribution in [-0.4, -0.2) is 16.7 Å². The molecule has 0 saturated carbocycles. The van der Waals surface area contributed by atoms with E-state index in [1.54, 1.807) is 18.4 Å². The van der Waals surface area contributed by atoms with Crippen molar-refractivity contribution in [2.24, 2.45) is 0 Å². The molecule has 6 nitrogen and oxygen atoms in total. The maximum absolute atomic E-state index is 13.6. The maximum atomic E-state index is 13.6. The molecule has 0 bridgehead atoms. The molecule has 2 N–H and O–H groups in total. The van der Waals surface area contributed by atoms with Crippen molar-refractivity contribution >= 4 is 29.1 Å². The molecule has 0 saturated heterocycles. The molecule has 34 heavy (non-hydrogen) atoms. The second-order valence-corrected chi connectivity index (χ2v) is 9.08. The maximum Gasteiger partial charge on any atom is 0.255 e. The van der Waals surface area contributed by atoms with Crippen LogP contribution in [0.5, 0.6) is 0 Å². The normalized spacial score (nSPS) is 20.1. The van der Waals surface area contributed by atoms with E-state index in [1.165, 1.54) is 0 Å². The minimum atomic E-state index is -0.584. The number of amides is 1. The van der Waals surface area contributed by atoms with Gasteiger partial charge in [0.1, 0.15) is 11.6 Å². The lowest BCUT2D eigenvalue weighted by Crippen LogP contribution is -2.37. The molecule has 3 heterocycles. The summed E-state index contributed by atoms with van der Waals surface area (Å²) >= 11 is 6.61. The largest absolute Gasteiger partial charge is 0.469 e. The lowest BCUT2D eigenvalue weighted by atomic mass is 9.72. The second-order valence-electron chi connectivity index (χ2n) is 8.67. The van der Waals surface area contributed by atoms with Gasteiger partial charge in [-0.25, -0.2) is 4.98 Å². The molecule has 2 atom stereocenters. The molecule has 1 aromatic carbocycles. The highest BCUT2D eigenvalue weighted by atomic mass is 35.5. The average Bonchev–Trinajstić information content (AvgIpc) is 3.33. The molecule has 172 valence electrons. The number of furan rings is 1. The minimum Gasteiger partial charge on any atom is -0.469 e. The number of Topliss-reactive ketones (excluding diaryl/α,β-unsaturated/α-hetero) is 1. The molecule has 0 fully saturated rings. The molecule has 2 aliphatic rings. The summed E-state index contributed by atoms with van der Waals surface area (Å²) in [4.78, 5) is 31.5. The molecule has 0 radical (unpaired) electrons. The number of ketones is 1. The molecule has 2 aromatic heterocycles. The van der Waals surface area contributed by atoms with Gasteiger partial charge in [-0.05, 0) is 56.2 Å². The number of halogens is 1. The summed E-state index contributed by atoms with van der Waals surface area (Å²) in [5, 5.41) is 6.77. The van der Waals surface area contributed by atoms with E-state index >= 15 is 0 Å². The number of pyridine rings is 1. The van der Waals surface area contributed by atoms with Crippen LogP contribution in [0.25, 0.3) is 0 Å². The first kappa shape index (κ1) is 22.2. The number of carbonyl (C=O) groups excluding carboxylic acids is 2. The lowest BCUT2D eigenvalue weighted by Gasteiger charge is -2.36. The van der Waals surface area contributed by atoms with E-state index in [4.69, 9.17) is 16.0 Å². The Hall–Kier alpha value is -3.64. The van der Waals surface area contributed by atoms with Gasteiger partial charge in [0.05, 0.1) is 6.26 Å². The van der Waals surface area contributed by atoms with Crippen LogP contribution in [0.1, 0.15) is 48.6 Å². The number of nitrogens with zero attached hydrogens (tertiary/aromatic N) is 1. The Labute approximate surface area is 202 Å². The summed E-state index contributed by atoms with van der Waals surface area (Å²) in [5.74, 6) is 0.259. The van der Waals surface area contributed by atoms with Crippen molar-refractivity contribution in [3.63, 3.8) is 0 Å². The predicted molar refractivity (Wildman–Crippen MR) is 130 cm³/mol. The first-order valence-corrected chi connectivity index (χ1v) is 11.6. The smallest absolute Gasteiger partial charge is 0.255 e. The summed E-state index contributed by atoms with van der Waals surface area (Å²) in [6.07, 6.45) is 2.54. The second kappa shape index (κ2) is 8.95. The van der Waals surface area contributed by atoms with Gasteiger partial charge in [-0.15, -0.1) is 0 Å². The monoisotopic (exact) mass is 473 g/mol. The summed E-state index contributed by atoms with van der Waals surface area (Å²) in [6, 6.07) is 16.5. The van der Waals surface area contributed by atoms with E-state index in [0.29, 0.717) is 40.5 Å². The summed E-state index contributed by atoms with van der Waals surface area (Å²) in [5.41, 5.74) is 4.06. The van der Waals surface area contributed by atoms with Crippen LogP contribution in [0.15, 0.2) is 87.8 Å². The van der Waals surface area contributed by atoms with Crippen LogP contribution in [0.4, 0.5) is 5.82 Å². The molecule has 5 rings (SSSR count). The Balaban J connectivity index is 1.58. The van der Waals surface area contributed by atoms with Crippen LogP contribution in [0, 0.1) is 6.92 Å². The fourth-order valence-electron chi connectivity index (χ4n) is 4.88. The van der Waals surface area contributed by atoms with Crippen LogP contribution < -0.4 is 10.6 Å². The molecule has 3 aromatic rings. The van der Waals surface area contributed by atoms with Gasteiger partial charge in [-0.2, -0.15) is 0 Å². The van der Waals surface area contributed by atoms with Crippen molar-refractivity contribution in [2.45, 2.75) is 38.5 Å². The zero-order chi connectivity index (χ0) is 23.8. The molecule has 1 aliphatic carbocycles. The number of dihydropyridines is 1. The SMILES string of the molecule is CC1=C(C(=O)Nc2cccc(C)n2)[C@@H](c2ccccc2Cl)C2=C(C[C@@H](c3ccco3)CC2=O)N1. The Morgan fingerprint density at radius 1 is 1.09 bits per heavy atom. The van der Waals surface area contributed by atoms with Crippen molar-refractivity contribution in [1.82, 2.24) is 10.3 Å². The van der Waals surface area contributed by atoms with Crippen LogP contribution in [0.3, 0.4) is 0 Å². The van der Waals surface area contributed by atoms with E-state index < -0.39 is 5.92 Å². The topological polar surface area (TPSA) is 84.2 Å². The number of hydrogen-bond acceptors (Lipinski definition) is 5. The van der Waals surface area contributed by atoms with Gasteiger partial charge in [0, 0.05) is 51.5 Å². The Kier molecular flexibility index (Phi) is 5.84. The standard InChI is InChI=1S/C27H24ClN3O3/c1-15-7-5-11-23(29-15)31-27(33)24-16(2)30-20-13-17(22-10-6-12-34-22)14-21(32)26(20)25(24)18-8-3-4-9-19(18)28/h3-12,17,25,30H,13-14H2,1-2H3,(H,29,31,33)/t17-,25-/m1/s1. The zero-order valence-electron chi connectivity index (χ0n) is 18.9. The van der Waals surface area contributed by atoms with Crippen LogP contribution in [0.2, 0.25) is 5.02 Å². The molecule has 0 unspecified atom stereocenters. The molecule has 1 aliphatic heterocycles. The van der Waals surface area contributed by atoms with Crippen molar-refractivity contribution < 1.29 is 14.0 Å². The molecular weight excluding hydrogens is 450 g/mol. The Morgan fingerprint density at radius 3 is 2.65 bits per heavy atom. The van der Waals surface area contributed by atoms with Crippen molar-refractivity contribution in [1.29, 1.82) is 0 Å². The number of aryl methyl sites for hydroxylation is 1. The number of nitrogens with one attached hydrogen (secondary N) is 2.